The number of hydrogen-bond donors (Lipinski definition) is 2. The van der Waals surface area contributed by atoms with Crippen LogP contribution in [0.1, 0.15) is 86.5 Å². The second-order valence-electron chi connectivity index (χ2n) is 13.9. The van der Waals surface area contributed by atoms with Crippen LogP contribution in [0.5, 0.6) is 0 Å². The predicted octanol–water partition coefficient (Wildman–Crippen LogP) is 3.63. The van der Waals surface area contributed by atoms with E-state index >= 15 is 0 Å². The summed E-state index contributed by atoms with van der Waals surface area (Å²) in [6, 6.07) is -2.99. The molecule has 4 rings (SSSR count). The molecule has 0 radical (unpaired) electrons. The van der Waals surface area contributed by atoms with Gasteiger partial charge in [-0.05, 0) is 69.1 Å². The number of nitrogens with one attached hydrogen (secondary N) is 2. The molecule has 4 aliphatic rings. The summed E-state index contributed by atoms with van der Waals surface area (Å²) in [5.41, 5.74) is -1.05. The number of alkyl carbamates (subject to hydrolysis) is 1. The molecule has 0 spiro atoms. The van der Waals surface area contributed by atoms with Gasteiger partial charge in [-0.2, -0.15) is 0 Å². The van der Waals surface area contributed by atoms with Gasteiger partial charge in [0.05, 0.1) is 6.04 Å². The smallest absolute Gasteiger partial charge is 0.408 e. The van der Waals surface area contributed by atoms with Crippen molar-refractivity contribution in [2.24, 2.45) is 29.1 Å². The maximum atomic E-state index is 14.1. The Bertz CT molecular complexity index is 1060. The van der Waals surface area contributed by atoms with Gasteiger partial charge in [0.25, 0.3) is 0 Å². The Hall–Kier alpha value is -2.59. The molecular formula is C29H43F2N3O6. The number of Topliss-reactive ketones (excluding diaryl/α,β-unsaturated/α-hetero) is 2. The molecule has 3 aliphatic carbocycles. The SMILES string of the molecule is CC(=O)C(=O)C(CC1CC1)NC(=O)C1C2C(CN1C(=O)C(NC(=O)OC(C)(C)C)C1CCC(F)(F)CC1)C2(C)C. The zero-order valence-electron chi connectivity index (χ0n) is 24.4. The average Bonchev–Trinajstić information content (AvgIpc) is 3.67. The first-order chi connectivity index (χ1) is 18.4. The van der Waals surface area contributed by atoms with E-state index in [2.05, 4.69) is 10.6 Å². The second kappa shape index (κ2) is 10.7. The summed E-state index contributed by atoms with van der Waals surface area (Å²) in [5, 5.41) is 5.42. The highest BCUT2D eigenvalue weighted by atomic mass is 19.3. The van der Waals surface area contributed by atoms with Crippen molar-refractivity contribution in [3.05, 3.63) is 0 Å². The molecule has 4 fully saturated rings. The third-order valence-corrected chi connectivity index (χ3v) is 9.18. The van der Waals surface area contributed by atoms with Crippen molar-refractivity contribution in [3.63, 3.8) is 0 Å². The third kappa shape index (κ3) is 6.65. The first-order valence-corrected chi connectivity index (χ1v) is 14.4. The Balaban J connectivity index is 1.57. The van der Waals surface area contributed by atoms with E-state index < -0.39 is 77.9 Å². The number of hydrogen-bond acceptors (Lipinski definition) is 6. The molecule has 224 valence electrons. The lowest BCUT2D eigenvalue weighted by atomic mass is 9.81. The minimum absolute atomic E-state index is 0.0375. The van der Waals surface area contributed by atoms with Crippen molar-refractivity contribution in [3.8, 4) is 0 Å². The van der Waals surface area contributed by atoms with Crippen LogP contribution in [0.3, 0.4) is 0 Å². The molecule has 2 N–H and O–H groups in total. The highest BCUT2D eigenvalue weighted by molar-refractivity contribution is 6.38. The van der Waals surface area contributed by atoms with Crippen LogP contribution in [0.25, 0.3) is 0 Å². The number of halogens is 2. The molecule has 40 heavy (non-hydrogen) atoms. The number of nitrogens with zero attached hydrogens (tertiary/aromatic N) is 1. The molecule has 1 heterocycles. The van der Waals surface area contributed by atoms with Gasteiger partial charge < -0.3 is 20.3 Å². The monoisotopic (exact) mass is 567 g/mol. The number of ether oxygens (including phenoxy) is 1. The molecule has 9 nitrogen and oxygen atoms in total. The minimum atomic E-state index is -2.82. The maximum Gasteiger partial charge on any atom is 0.408 e. The molecule has 11 heteroatoms. The number of alkyl halides is 2. The molecule has 0 bridgehead atoms. The summed E-state index contributed by atoms with van der Waals surface area (Å²) < 4.78 is 33.3. The first-order valence-electron chi connectivity index (χ1n) is 14.4. The molecule has 5 atom stereocenters. The van der Waals surface area contributed by atoms with Crippen LogP contribution < -0.4 is 10.6 Å². The fourth-order valence-electron chi connectivity index (χ4n) is 6.62. The summed E-state index contributed by atoms with van der Waals surface area (Å²) in [7, 11) is 0. The molecular weight excluding hydrogens is 524 g/mol. The average molecular weight is 568 g/mol. The standard InChI is InChI=1S/C29H43F2N3O6/c1-15(35)23(36)19(13-16-7-8-16)32-24(37)22-20-18(28(20,5)6)14-34(22)25(38)21(33-26(39)40-27(2,3)4)17-9-11-29(30,31)12-10-17/h16-22H,7-14H2,1-6H3,(H,32,37)(H,33,39). The lowest BCUT2D eigenvalue weighted by Gasteiger charge is -2.38. The molecule has 5 unspecified atom stereocenters. The minimum Gasteiger partial charge on any atom is -0.444 e. The molecule has 0 aromatic rings. The number of likely N-dealkylation sites (tertiary alicyclic amines) is 1. The Morgan fingerprint density at radius 2 is 1.60 bits per heavy atom. The highest BCUT2D eigenvalue weighted by Crippen LogP contribution is 2.65. The van der Waals surface area contributed by atoms with Crippen LogP contribution in [0, 0.1) is 29.1 Å². The van der Waals surface area contributed by atoms with Gasteiger partial charge in [0, 0.05) is 26.3 Å². The van der Waals surface area contributed by atoms with E-state index in [0.717, 1.165) is 12.8 Å². The Morgan fingerprint density at radius 3 is 2.12 bits per heavy atom. The van der Waals surface area contributed by atoms with E-state index in [9.17, 15) is 32.8 Å². The van der Waals surface area contributed by atoms with Crippen LogP contribution in [-0.2, 0) is 23.9 Å². The first kappa shape index (κ1) is 30.4. The molecule has 3 saturated carbocycles. The van der Waals surface area contributed by atoms with Crippen LogP contribution in [0.15, 0.2) is 0 Å². The van der Waals surface area contributed by atoms with Gasteiger partial charge in [0.2, 0.25) is 23.5 Å². The fraction of sp³-hybridized carbons (Fsp3) is 0.828. The van der Waals surface area contributed by atoms with Crippen molar-refractivity contribution >= 4 is 29.5 Å². The lowest BCUT2D eigenvalue weighted by molar-refractivity contribution is -0.145. The zero-order valence-corrected chi connectivity index (χ0v) is 24.4. The number of amides is 3. The van der Waals surface area contributed by atoms with Crippen molar-refractivity contribution < 1.29 is 37.5 Å². The number of piperidine rings is 1. The third-order valence-electron chi connectivity index (χ3n) is 9.18. The quantitative estimate of drug-likeness (QED) is 0.411. The van der Waals surface area contributed by atoms with Gasteiger partial charge in [0.1, 0.15) is 17.7 Å². The van der Waals surface area contributed by atoms with Crippen LogP contribution in [-0.4, -0.2) is 70.6 Å². The second-order valence-corrected chi connectivity index (χ2v) is 13.9. The fourth-order valence-corrected chi connectivity index (χ4v) is 6.62. The van der Waals surface area contributed by atoms with E-state index in [4.69, 9.17) is 4.74 Å². The molecule has 1 saturated heterocycles. The number of rotatable bonds is 9. The molecule has 3 amide bonds. The zero-order chi connectivity index (χ0) is 29.8. The van der Waals surface area contributed by atoms with Crippen molar-refractivity contribution in [1.29, 1.82) is 0 Å². The summed E-state index contributed by atoms with van der Waals surface area (Å²) in [6.07, 6.45) is 0.707. The summed E-state index contributed by atoms with van der Waals surface area (Å²) in [6.45, 7) is 10.5. The highest BCUT2D eigenvalue weighted by Gasteiger charge is 2.70. The lowest BCUT2D eigenvalue weighted by Crippen LogP contribution is -2.59. The van der Waals surface area contributed by atoms with Crippen molar-refractivity contribution in [2.75, 3.05) is 6.54 Å². The van der Waals surface area contributed by atoms with E-state index in [1.54, 1.807) is 20.8 Å². The van der Waals surface area contributed by atoms with E-state index in [1.807, 2.05) is 13.8 Å². The summed E-state index contributed by atoms with van der Waals surface area (Å²) in [5.74, 6) is -5.53. The van der Waals surface area contributed by atoms with Crippen molar-refractivity contribution in [1.82, 2.24) is 15.5 Å². The largest absolute Gasteiger partial charge is 0.444 e. The molecule has 1 aliphatic heterocycles. The van der Waals surface area contributed by atoms with Gasteiger partial charge in [-0.3, -0.25) is 19.2 Å². The van der Waals surface area contributed by atoms with E-state index in [0.29, 0.717) is 6.42 Å². The van der Waals surface area contributed by atoms with Crippen molar-refractivity contribution in [2.45, 2.75) is 116 Å². The van der Waals surface area contributed by atoms with Gasteiger partial charge in [-0.15, -0.1) is 0 Å². The normalized spacial score (nSPS) is 28.6. The number of carbonyl (C=O) groups excluding carboxylic acids is 5. The van der Waals surface area contributed by atoms with E-state index in [1.165, 1.54) is 11.8 Å². The Morgan fingerprint density at radius 1 is 1.00 bits per heavy atom. The predicted molar refractivity (Wildman–Crippen MR) is 141 cm³/mol. The molecule has 0 aromatic heterocycles. The number of carbonyl (C=O) groups is 5. The van der Waals surface area contributed by atoms with Gasteiger partial charge >= 0.3 is 6.09 Å². The van der Waals surface area contributed by atoms with Gasteiger partial charge in [0.15, 0.2) is 5.78 Å². The van der Waals surface area contributed by atoms with Gasteiger partial charge in [-0.25, -0.2) is 13.6 Å². The number of ketones is 2. The Labute approximate surface area is 234 Å². The maximum absolute atomic E-state index is 14.1. The molecule has 0 aromatic carbocycles. The topological polar surface area (TPSA) is 122 Å². The Kier molecular flexibility index (Phi) is 8.10. The van der Waals surface area contributed by atoms with Crippen LogP contribution >= 0.6 is 0 Å². The number of fused-ring (bicyclic) bond motifs is 1. The van der Waals surface area contributed by atoms with Crippen LogP contribution in [0.2, 0.25) is 0 Å². The summed E-state index contributed by atoms with van der Waals surface area (Å²) in [4.78, 5) is 66.5. The van der Waals surface area contributed by atoms with E-state index in [-0.39, 0.29) is 42.6 Å². The van der Waals surface area contributed by atoms with Crippen LogP contribution in [0.4, 0.5) is 13.6 Å². The summed E-state index contributed by atoms with van der Waals surface area (Å²) >= 11 is 0. The van der Waals surface area contributed by atoms with Gasteiger partial charge in [-0.1, -0.05) is 26.7 Å².